The Labute approximate surface area is 244 Å². The third-order valence-corrected chi connectivity index (χ3v) is 7.62. The van der Waals surface area contributed by atoms with Crippen LogP contribution in [0.1, 0.15) is 18.1 Å². The Kier molecular flexibility index (Phi) is 9.85. The zero-order valence-corrected chi connectivity index (χ0v) is 24.2. The summed E-state index contributed by atoms with van der Waals surface area (Å²) in [6.45, 7) is 2.05. The number of thioether (sulfide) groups is 2. The van der Waals surface area contributed by atoms with Gasteiger partial charge in [-0.1, -0.05) is 41.4 Å². The summed E-state index contributed by atoms with van der Waals surface area (Å²) >= 11 is 14.8. The van der Waals surface area contributed by atoms with Gasteiger partial charge in [0.25, 0.3) is 11.1 Å². The van der Waals surface area contributed by atoms with E-state index < -0.39 is 23.6 Å². The Morgan fingerprint density at radius 3 is 2.56 bits per heavy atom. The van der Waals surface area contributed by atoms with Gasteiger partial charge < -0.3 is 14.8 Å². The summed E-state index contributed by atoms with van der Waals surface area (Å²) in [6, 6.07) is 17.9. The average molecular weight is 604 g/mol. The highest BCUT2D eigenvalue weighted by Gasteiger charge is 2.36. The lowest BCUT2D eigenvalue weighted by Gasteiger charge is -2.15. The maximum Gasteiger partial charge on any atom is 0.294 e. The molecule has 0 aliphatic carbocycles. The molecule has 3 aromatic rings. The SMILES string of the molecule is CCOc1cc(/C=C2/SC(=O)N(CC(=O)Nc3cccc(SC)c3)C2=O)cc(Cl)c1OCc1ccc(Cl)cc1. The fourth-order valence-corrected chi connectivity index (χ4v) is 5.34. The van der Waals surface area contributed by atoms with Gasteiger partial charge in [0.1, 0.15) is 13.2 Å². The highest BCUT2D eigenvalue weighted by atomic mass is 35.5. The third kappa shape index (κ3) is 7.51. The molecule has 1 heterocycles. The molecule has 1 saturated heterocycles. The number of nitrogens with zero attached hydrogens (tertiary/aromatic N) is 1. The van der Waals surface area contributed by atoms with E-state index in [0.717, 1.165) is 27.1 Å². The van der Waals surface area contributed by atoms with Gasteiger partial charge in [-0.15, -0.1) is 11.8 Å². The van der Waals surface area contributed by atoms with Crippen LogP contribution in [0.2, 0.25) is 10.0 Å². The topological polar surface area (TPSA) is 84.9 Å². The number of ether oxygens (including phenoxy) is 2. The van der Waals surface area contributed by atoms with Crippen LogP contribution < -0.4 is 14.8 Å². The fourth-order valence-electron chi connectivity index (χ4n) is 3.64. The molecule has 0 radical (unpaired) electrons. The van der Waals surface area contributed by atoms with E-state index in [1.807, 2.05) is 43.5 Å². The van der Waals surface area contributed by atoms with Crippen LogP contribution in [0, 0.1) is 0 Å². The van der Waals surface area contributed by atoms with E-state index in [2.05, 4.69) is 5.32 Å². The van der Waals surface area contributed by atoms with E-state index >= 15 is 0 Å². The number of nitrogens with one attached hydrogen (secondary N) is 1. The minimum Gasteiger partial charge on any atom is -0.490 e. The number of carbonyl (C=O) groups is 3. The highest BCUT2D eigenvalue weighted by molar-refractivity contribution is 8.18. The smallest absolute Gasteiger partial charge is 0.294 e. The van der Waals surface area contributed by atoms with Gasteiger partial charge in [0.15, 0.2) is 11.5 Å². The van der Waals surface area contributed by atoms with Crippen molar-refractivity contribution in [3.63, 3.8) is 0 Å². The minimum atomic E-state index is -0.560. The number of benzene rings is 3. The molecule has 7 nitrogen and oxygen atoms in total. The van der Waals surface area contributed by atoms with Gasteiger partial charge in [-0.05, 0) is 84.6 Å². The highest BCUT2D eigenvalue weighted by Crippen LogP contribution is 2.39. The molecule has 1 N–H and O–H groups in total. The van der Waals surface area contributed by atoms with Crippen molar-refractivity contribution in [1.82, 2.24) is 4.90 Å². The second-order valence-corrected chi connectivity index (χ2v) is 10.9. The van der Waals surface area contributed by atoms with Gasteiger partial charge in [-0.25, -0.2) is 0 Å². The van der Waals surface area contributed by atoms with E-state index in [0.29, 0.717) is 34.4 Å². The zero-order valence-electron chi connectivity index (χ0n) is 21.0. The summed E-state index contributed by atoms with van der Waals surface area (Å²) in [5.74, 6) is -0.270. The van der Waals surface area contributed by atoms with E-state index in [1.165, 1.54) is 0 Å². The Morgan fingerprint density at radius 1 is 1.08 bits per heavy atom. The molecule has 0 atom stereocenters. The Balaban J connectivity index is 1.48. The van der Waals surface area contributed by atoms with E-state index in [-0.39, 0.29) is 16.5 Å². The molecular formula is C28H24Cl2N2O5S2. The first-order valence-corrected chi connectivity index (χ1v) is 14.6. The predicted molar refractivity (Wildman–Crippen MR) is 158 cm³/mol. The molecule has 1 aliphatic rings. The van der Waals surface area contributed by atoms with Gasteiger partial charge in [-0.3, -0.25) is 19.3 Å². The Hall–Kier alpha value is -3.11. The summed E-state index contributed by atoms with van der Waals surface area (Å²) in [4.78, 5) is 40.2. The molecule has 0 unspecified atom stereocenters. The van der Waals surface area contributed by atoms with Crippen molar-refractivity contribution in [3.05, 3.63) is 86.7 Å². The van der Waals surface area contributed by atoms with Crippen molar-refractivity contribution in [2.24, 2.45) is 0 Å². The van der Waals surface area contributed by atoms with Crippen LogP contribution in [0.3, 0.4) is 0 Å². The molecule has 39 heavy (non-hydrogen) atoms. The minimum absolute atomic E-state index is 0.172. The van der Waals surface area contributed by atoms with Crippen molar-refractivity contribution in [1.29, 1.82) is 0 Å². The molecule has 4 rings (SSSR count). The Morgan fingerprint density at radius 2 is 1.85 bits per heavy atom. The fraction of sp³-hybridized carbons (Fsp3) is 0.179. The summed E-state index contributed by atoms with van der Waals surface area (Å²) in [7, 11) is 0. The van der Waals surface area contributed by atoms with Gasteiger partial charge >= 0.3 is 0 Å². The van der Waals surface area contributed by atoms with Crippen LogP contribution in [-0.2, 0) is 16.2 Å². The van der Waals surface area contributed by atoms with Gasteiger partial charge in [-0.2, -0.15) is 0 Å². The zero-order chi connectivity index (χ0) is 27.9. The van der Waals surface area contributed by atoms with Crippen molar-refractivity contribution in [2.75, 3.05) is 24.7 Å². The monoisotopic (exact) mass is 602 g/mol. The standard InChI is InChI=1S/C28H24Cl2N2O5S2/c1-3-36-23-12-18(11-22(30)26(23)37-16-17-7-9-19(29)10-8-17)13-24-27(34)32(28(35)39-24)15-25(33)31-20-5-4-6-21(14-20)38-2/h4-14H,3,15-16H2,1-2H3,(H,31,33)/b24-13+. The van der Waals surface area contributed by atoms with E-state index in [9.17, 15) is 14.4 Å². The second kappa shape index (κ2) is 13.3. The molecule has 11 heteroatoms. The number of hydrogen-bond acceptors (Lipinski definition) is 7. The normalized spacial score (nSPS) is 14.2. The molecule has 0 saturated carbocycles. The number of hydrogen-bond donors (Lipinski definition) is 1. The maximum atomic E-state index is 13.0. The summed E-state index contributed by atoms with van der Waals surface area (Å²) in [6.07, 6.45) is 3.47. The average Bonchev–Trinajstić information content (AvgIpc) is 3.16. The first-order chi connectivity index (χ1) is 18.8. The third-order valence-electron chi connectivity index (χ3n) is 5.45. The lowest BCUT2D eigenvalue weighted by atomic mass is 10.1. The molecular weight excluding hydrogens is 579 g/mol. The summed E-state index contributed by atoms with van der Waals surface area (Å²) < 4.78 is 11.7. The van der Waals surface area contributed by atoms with Crippen LogP contribution in [0.4, 0.5) is 10.5 Å². The van der Waals surface area contributed by atoms with Crippen molar-refractivity contribution >= 4 is 75.5 Å². The molecule has 202 valence electrons. The lowest BCUT2D eigenvalue weighted by Crippen LogP contribution is -2.36. The van der Waals surface area contributed by atoms with Crippen molar-refractivity contribution < 1.29 is 23.9 Å². The number of halogens is 2. The molecule has 0 spiro atoms. The van der Waals surface area contributed by atoms with E-state index in [1.54, 1.807) is 48.2 Å². The van der Waals surface area contributed by atoms with Crippen molar-refractivity contribution in [3.8, 4) is 11.5 Å². The molecule has 3 aromatic carbocycles. The van der Waals surface area contributed by atoms with Gasteiger partial charge in [0.2, 0.25) is 5.91 Å². The number of anilines is 1. The maximum absolute atomic E-state index is 13.0. The quantitative estimate of drug-likeness (QED) is 0.191. The number of imide groups is 1. The summed E-state index contributed by atoms with van der Waals surface area (Å²) in [5.41, 5.74) is 2.04. The molecule has 0 bridgehead atoms. The predicted octanol–water partition coefficient (Wildman–Crippen LogP) is 7.37. The number of rotatable bonds is 10. The van der Waals surface area contributed by atoms with Crippen LogP contribution in [0.25, 0.3) is 6.08 Å². The van der Waals surface area contributed by atoms with Crippen LogP contribution in [-0.4, -0.2) is 41.4 Å². The lowest BCUT2D eigenvalue weighted by molar-refractivity contribution is -0.127. The second-order valence-electron chi connectivity index (χ2n) is 8.23. The van der Waals surface area contributed by atoms with Gasteiger partial charge in [0, 0.05) is 15.6 Å². The van der Waals surface area contributed by atoms with Crippen LogP contribution >= 0.6 is 46.7 Å². The largest absolute Gasteiger partial charge is 0.490 e. The Bertz CT molecular complexity index is 1430. The molecule has 1 fully saturated rings. The first-order valence-electron chi connectivity index (χ1n) is 11.8. The molecule has 0 aromatic heterocycles. The van der Waals surface area contributed by atoms with Crippen LogP contribution in [0.5, 0.6) is 11.5 Å². The number of carbonyl (C=O) groups excluding carboxylic acids is 3. The molecule has 3 amide bonds. The summed E-state index contributed by atoms with van der Waals surface area (Å²) in [5, 5.41) is 3.11. The van der Waals surface area contributed by atoms with Gasteiger partial charge in [0.05, 0.1) is 16.5 Å². The van der Waals surface area contributed by atoms with Crippen LogP contribution in [0.15, 0.2) is 70.5 Å². The molecule has 1 aliphatic heterocycles. The first kappa shape index (κ1) is 28.9. The number of amides is 3. The van der Waals surface area contributed by atoms with Crippen molar-refractivity contribution in [2.45, 2.75) is 18.4 Å². The van der Waals surface area contributed by atoms with E-state index in [4.69, 9.17) is 32.7 Å².